The Labute approximate surface area is 126 Å². The summed E-state index contributed by atoms with van der Waals surface area (Å²) in [5.74, 6) is -1.29. The van der Waals surface area contributed by atoms with Crippen molar-refractivity contribution in [1.82, 2.24) is 4.31 Å². The highest BCUT2D eigenvalue weighted by Crippen LogP contribution is 2.32. The van der Waals surface area contributed by atoms with Crippen LogP contribution in [0.25, 0.3) is 0 Å². The van der Waals surface area contributed by atoms with E-state index in [1.54, 1.807) is 25.1 Å². The van der Waals surface area contributed by atoms with Crippen LogP contribution in [0.2, 0.25) is 0 Å². The van der Waals surface area contributed by atoms with Gasteiger partial charge in [-0.15, -0.1) is 0 Å². The standard InChI is InChI=1S/C13H16BrNO4S/c1-9-5-4-8-15(12(9)13(16)17)20(18,19)11-7-3-2-6-10(11)14/h2-3,6-7,9,12H,4-5,8H2,1H3,(H,16,17). The molecule has 7 heteroatoms. The van der Waals surface area contributed by atoms with Crippen molar-refractivity contribution in [2.24, 2.45) is 5.92 Å². The molecule has 1 N–H and O–H groups in total. The summed E-state index contributed by atoms with van der Waals surface area (Å²) in [5, 5.41) is 9.34. The summed E-state index contributed by atoms with van der Waals surface area (Å²) in [6.07, 6.45) is 1.40. The van der Waals surface area contributed by atoms with Gasteiger partial charge in [0.1, 0.15) is 6.04 Å². The summed E-state index contributed by atoms with van der Waals surface area (Å²) in [6, 6.07) is 5.46. The number of carbonyl (C=O) groups is 1. The molecular formula is C13H16BrNO4S. The number of carboxylic acids is 1. The maximum atomic E-state index is 12.7. The second-order valence-corrected chi connectivity index (χ2v) is 7.66. The Kier molecular flexibility index (Phi) is 4.51. The first-order valence-electron chi connectivity index (χ1n) is 6.35. The molecule has 1 saturated heterocycles. The minimum atomic E-state index is -3.81. The molecule has 1 aliphatic heterocycles. The van der Waals surface area contributed by atoms with Crippen molar-refractivity contribution in [3.63, 3.8) is 0 Å². The van der Waals surface area contributed by atoms with Crippen LogP contribution >= 0.6 is 15.9 Å². The van der Waals surface area contributed by atoms with E-state index in [4.69, 9.17) is 0 Å². The molecule has 0 radical (unpaired) electrons. The Morgan fingerprint density at radius 2 is 2.05 bits per heavy atom. The van der Waals surface area contributed by atoms with E-state index in [9.17, 15) is 18.3 Å². The topological polar surface area (TPSA) is 74.7 Å². The molecule has 0 amide bonds. The summed E-state index contributed by atoms with van der Waals surface area (Å²) >= 11 is 3.22. The number of halogens is 1. The van der Waals surface area contributed by atoms with E-state index in [0.29, 0.717) is 10.9 Å². The summed E-state index contributed by atoms with van der Waals surface area (Å²) < 4.78 is 27.0. The monoisotopic (exact) mass is 361 g/mol. The zero-order chi connectivity index (χ0) is 14.9. The minimum absolute atomic E-state index is 0.111. The smallest absolute Gasteiger partial charge is 0.322 e. The van der Waals surface area contributed by atoms with Crippen molar-refractivity contribution in [3.05, 3.63) is 28.7 Å². The van der Waals surface area contributed by atoms with Crippen LogP contribution in [0, 0.1) is 5.92 Å². The number of carboxylic acid groups (broad SMARTS) is 1. The highest BCUT2D eigenvalue weighted by molar-refractivity contribution is 9.10. The van der Waals surface area contributed by atoms with Gasteiger partial charge >= 0.3 is 5.97 Å². The van der Waals surface area contributed by atoms with Crippen LogP contribution in [0.3, 0.4) is 0 Å². The van der Waals surface area contributed by atoms with Gasteiger partial charge < -0.3 is 5.11 Å². The molecule has 0 aromatic heterocycles. The van der Waals surface area contributed by atoms with Crippen molar-refractivity contribution in [1.29, 1.82) is 0 Å². The fraction of sp³-hybridized carbons (Fsp3) is 0.462. The highest BCUT2D eigenvalue weighted by Gasteiger charge is 2.42. The van der Waals surface area contributed by atoms with Gasteiger partial charge in [-0.2, -0.15) is 4.31 Å². The molecule has 0 saturated carbocycles. The molecule has 20 heavy (non-hydrogen) atoms. The number of aliphatic carboxylic acids is 1. The van der Waals surface area contributed by atoms with Gasteiger partial charge in [-0.25, -0.2) is 8.42 Å². The molecule has 5 nitrogen and oxygen atoms in total. The lowest BCUT2D eigenvalue weighted by molar-refractivity contribution is -0.144. The molecule has 0 bridgehead atoms. The minimum Gasteiger partial charge on any atom is -0.480 e. The van der Waals surface area contributed by atoms with Crippen LogP contribution in [-0.4, -0.2) is 36.4 Å². The van der Waals surface area contributed by atoms with Crippen molar-refractivity contribution < 1.29 is 18.3 Å². The first-order chi connectivity index (χ1) is 9.35. The van der Waals surface area contributed by atoms with Crippen LogP contribution in [0.4, 0.5) is 0 Å². The number of benzene rings is 1. The first-order valence-corrected chi connectivity index (χ1v) is 8.58. The number of sulfonamides is 1. The Hall–Kier alpha value is -0.920. The van der Waals surface area contributed by atoms with Crippen LogP contribution in [-0.2, 0) is 14.8 Å². The number of nitrogens with zero attached hydrogens (tertiary/aromatic N) is 1. The van der Waals surface area contributed by atoms with Crippen molar-refractivity contribution in [3.8, 4) is 0 Å². The largest absolute Gasteiger partial charge is 0.480 e. The molecule has 1 aromatic rings. The predicted molar refractivity (Wildman–Crippen MR) is 77.9 cm³/mol. The molecule has 1 fully saturated rings. The zero-order valence-electron chi connectivity index (χ0n) is 11.0. The fourth-order valence-corrected chi connectivity index (χ4v) is 5.25. The van der Waals surface area contributed by atoms with Crippen LogP contribution < -0.4 is 0 Å². The van der Waals surface area contributed by atoms with Crippen molar-refractivity contribution >= 4 is 31.9 Å². The molecular weight excluding hydrogens is 346 g/mol. The lowest BCUT2D eigenvalue weighted by Gasteiger charge is -2.36. The summed E-state index contributed by atoms with van der Waals surface area (Å²) in [7, 11) is -3.81. The van der Waals surface area contributed by atoms with E-state index in [0.717, 1.165) is 10.7 Å². The molecule has 2 atom stereocenters. The van der Waals surface area contributed by atoms with Gasteiger partial charge in [-0.1, -0.05) is 19.1 Å². The van der Waals surface area contributed by atoms with Gasteiger partial charge in [-0.05, 0) is 46.8 Å². The quantitative estimate of drug-likeness (QED) is 0.896. The van der Waals surface area contributed by atoms with E-state index in [1.807, 2.05) is 0 Å². The average Bonchev–Trinajstić information content (AvgIpc) is 2.38. The van der Waals surface area contributed by atoms with E-state index < -0.39 is 22.0 Å². The van der Waals surface area contributed by atoms with Gasteiger partial charge in [-0.3, -0.25) is 4.79 Å². The normalized spacial score (nSPS) is 24.5. The molecule has 1 aliphatic rings. The number of hydrogen-bond donors (Lipinski definition) is 1. The summed E-state index contributed by atoms with van der Waals surface area (Å²) in [5.41, 5.74) is 0. The third-order valence-electron chi connectivity index (χ3n) is 3.56. The summed E-state index contributed by atoms with van der Waals surface area (Å²) in [4.78, 5) is 11.5. The molecule has 2 unspecified atom stereocenters. The van der Waals surface area contributed by atoms with E-state index >= 15 is 0 Å². The maximum absolute atomic E-state index is 12.7. The average molecular weight is 362 g/mol. The van der Waals surface area contributed by atoms with Crippen molar-refractivity contribution in [2.45, 2.75) is 30.7 Å². The Balaban J connectivity index is 2.47. The van der Waals surface area contributed by atoms with Crippen molar-refractivity contribution in [2.75, 3.05) is 6.54 Å². The van der Waals surface area contributed by atoms with Crippen LogP contribution in [0.15, 0.2) is 33.6 Å². The fourth-order valence-electron chi connectivity index (χ4n) is 2.57. The molecule has 1 heterocycles. The second-order valence-electron chi connectivity index (χ2n) is 4.95. The third-order valence-corrected chi connectivity index (χ3v) is 6.46. The van der Waals surface area contributed by atoms with Crippen LogP contribution in [0.1, 0.15) is 19.8 Å². The Morgan fingerprint density at radius 1 is 1.40 bits per heavy atom. The Morgan fingerprint density at radius 3 is 2.65 bits per heavy atom. The van der Waals surface area contributed by atoms with E-state index in [-0.39, 0.29) is 17.4 Å². The molecule has 110 valence electrons. The number of rotatable bonds is 3. The summed E-state index contributed by atoms with van der Waals surface area (Å²) in [6.45, 7) is 2.02. The first kappa shape index (κ1) is 15.5. The molecule has 1 aromatic carbocycles. The lowest BCUT2D eigenvalue weighted by atomic mass is 9.93. The van der Waals surface area contributed by atoms with Gasteiger partial charge in [0.2, 0.25) is 10.0 Å². The number of hydrogen-bond acceptors (Lipinski definition) is 3. The second kappa shape index (κ2) is 5.83. The van der Waals surface area contributed by atoms with E-state index in [1.165, 1.54) is 6.07 Å². The predicted octanol–water partition coefficient (Wildman–Crippen LogP) is 2.32. The van der Waals surface area contributed by atoms with Gasteiger partial charge in [0.05, 0.1) is 4.90 Å². The van der Waals surface area contributed by atoms with Gasteiger partial charge in [0.15, 0.2) is 0 Å². The molecule has 2 rings (SSSR count). The SMILES string of the molecule is CC1CCCN(S(=O)(=O)c2ccccc2Br)C1C(=O)O. The van der Waals surface area contributed by atoms with Crippen LogP contribution in [0.5, 0.6) is 0 Å². The lowest BCUT2D eigenvalue weighted by Crippen LogP contribution is -2.51. The molecule has 0 aliphatic carbocycles. The maximum Gasteiger partial charge on any atom is 0.322 e. The van der Waals surface area contributed by atoms with Gasteiger partial charge in [0.25, 0.3) is 0 Å². The van der Waals surface area contributed by atoms with Gasteiger partial charge in [0, 0.05) is 11.0 Å². The Bertz CT molecular complexity index is 617. The molecule has 0 spiro atoms. The third kappa shape index (κ3) is 2.75. The van der Waals surface area contributed by atoms with E-state index in [2.05, 4.69) is 15.9 Å². The zero-order valence-corrected chi connectivity index (χ0v) is 13.4. The highest BCUT2D eigenvalue weighted by atomic mass is 79.9. The number of piperidine rings is 1.